The Balaban J connectivity index is 1.23. The summed E-state index contributed by atoms with van der Waals surface area (Å²) in [5.41, 5.74) is 1.64. The zero-order chi connectivity index (χ0) is 21.2. The molecular weight excluding hydrogens is 395 g/mol. The lowest BCUT2D eigenvalue weighted by molar-refractivity contribution is -0.00545. The number of nitrogens with zero attached hydrogens (tertiary/aromatic N) is 6. The summed E-state index contributed by atoms with van der Waals surface area (Å²) in [6, 6.07) is 8.55. The van der Waals surface area contributed by atoms with Gasteiger partial charge in [-0.15, -0.1) is 5.10 Å². The van der Waals surface area contributed by atoms with E-state index in [-0.39, 0.29) is 18.0 Å². The van der Waals surface area contributed by atoms with Crippen molar-refractivity contribution >= 4 is 0 Å². The van der Waals surface area contributed by atoms with E-state index in [0.29, 0.717) is 11.8 Å². The summed E-state index contributed by atoms with van der Waals surface area (Å²) in [6.07, 6.45) is 9.17. The summed E-state index contributed by atoms with van der Waals surface area (Å²) in [5, 5.41) is 13.1. The lowest BCUT2D eigenvalue weighted by atomic mass is 9.77. The second-order valence-corrected chi connectivity index (χ2v) is 8.81. The van der Waals surface area contributed by atoms with E-state index in [1.54, 1.807) is 19.2 Å². The first-order valence-electron chi connectivity index (χ1n) is 11.1. The summed E-state index contributed by atoms with van der Waals surface area (Å²) in [7, 11) is 1.80. The normalized spacial score (nSPS) is 26.3. The van der Waals surface area contributed by atoms with Gasteiger partial charge in [0.15, 0.2) is 0 Å². The van der Waals surface area contributed by atoms with Crippen LogP contribution in [0, 0.1) is 17.7 Å². The molecule has 8 heteroatoms. The number of likely N-dealkylation sites (tertiary alicyclic amines) is 1. The molecule has 1 aliphatic carbocycles. The maximum absolute atomic E-state index is 13.2. The minimum absolute atomic E-state index is 0.132. The minimum atomic E-state index is -0.246. The molecule has 0 amide bonds. The number of halogens is 1. The van der Waals surface area contributed by atoms with Crippen LogP contribution in [0.4, 0.5) is 4.39 Å². The number of hydrogen-bond donors (Lipinski definition) is 0. The molecule has 1 aliphatic heterocycles. The van der Waals surface area contributed by atoms with Crippen molar-refractivity contribution in [1.29, 1.82) is 0 Å². The molecule has 0 radical (unpaired) electrons. The molecule has 3 heterocycles. The second kappa shape index (κ2) is 8.88. The van der Waals surface area contributed by atoms with Crippen LogP contribution >= 0.6 is 0 Å². The monoisotopic (exact) mass is 424 g/mol. The zero-order valence-electron chi connectivity index (χ0n) is 17.8. The molecule has 7 nitrogen and oxygen atoms in total. The van der Waals surface area contributed by atoms with Crippen molar-refractivity contribution < 1.29 is 9.13 Å². The number of methoxy groups -OCH3 is 1. The van der Waals surface area contributed by atoms with Crippen molar-refractivity contribution in [2.45, 2.75) is 38.0 Å². The fourth-order valence-corrected chi connectivity index (χ4v) is 5.28. The first kappa shape index (κ1) is 20.3. The number of ether oxygens (including phenoxy) is 1. The van der Waals surface area contributed by atoms with Crippen LogP contribution in [0.1, 0.15) is 25.3 Å². The molecule has 1 aromatic carbocycles. The van der Waals surface area contributed by atoms with Gasteiger partial charge in [-0.1, -0.05) is 5.21 Å². The van der Waals surface area contributed by atoms with E-state index >= 15 is 0 Å². The topological polar surface area (TPSA) is 61.0 Å². The Labute approximate surface area is 181 Å². The van der Waals surface area contributed by atoms with Crippen LogP contribution in [0.25, 0.3) is 11.3 Å². The summed E-state index contributed by atoms with van der Waals surface area (Å²) < 4.78 is 23.1. The Kier molecular flexibility index (Phi) is 5.82. The lowest BCUT2D eigenvalue weighted by Gasteiger charge is -2.37. The smallest absolute Gasteiger partial charge is 0.123 e. The number of aryl methyl sites for hydroxylation is 1. The standard InChI is InChI=1S/C23H29FN6O/c1-31-23-13-19-15-28(9-3-11-29-10-2-8-25-29)14-18(19)12-22(23)30-16-21(26-27-30)17-4-6-20(24)7-5-17/h2,4-8,10,16,18-19,22-23H,3,9,11-15H2,1H3/t18-,19+,22-,23-/m1/s1. The van der Waals surface area contributed by atoms with Crippen LogP contribution in [0.15, 0.2) is 48.9 Å². The van der Waals surface area contributed by atoms with E-state index in [1.807, 2.05) is 34.0 Å². The molecule has 2 aromatic heterocycles. The van der Waals surface area contributed by atoms with E-state index in [9.17, 15) is 4.39 Å². The Morgan fingerprint density at radius 2 is 1.90 bits per heavy atom. The summed E-state index contributed by atoms with van der Waals surface area (Å²) >= 11 is 0. The Hall–Kier alpha value is -2.58. The van der Waals surface area contributed by atoms with Gasteiger partial charge in [0.05, 0.1) is 18.3 Å². The Bertz CT molecular complexity index is 972. The van der Waals surface area contributed by atoms with Crippen LogP contribution in [0.5, 0.6) is 0 Å². The maximum atomic E-state index is 13.2. The predicted octanol–water partition coefficient (Wildman–Crippen LogP) is 3.27. The molecule has 5 rings (SSSR count). The van der Waals surface area contributed by atoms with E-state index in [0.717, 1.165) is 56.7 Å². The van der Waals surface area contributed by atoms with Crippen LogP contribution in [-0.2, 0) is 11.3 Å². The third kappa shape index (κ3) is 4.41. The highest BCUT2D eigenvalue weighted by molar-refractivity contribution is 5.57. The molecule has 0 bridgehead atoms. The SMILES string of the molecule is CO[C@@H]1C[C@H]2CN(CCCn3cccn3)C[C@H]2C[C@H]1n1cc(-c2ccc(F)cc2)nn1. The number of aromatic nitrogens is 5. The van der Waals surface area contributed by atoms with Gasteiger partial charge in [-0.3, -0.25) is 4.68 Å². The number of benzene rings is 1. The average Bonchev–Trinajstić information content (AvgIpc) is 3.54. The summed E-state index contributed by atoms with van der Waals surface area (Å²) in [6.45, 7) is 4.35. The van der Waals surface area contributed by atoms with Crippen molar-refractivity contribution in [3.8, 4) is 11.3 Å². The largest absolute Gasteiger partial charge is 0.379 e. The van der Waals surface area contributed by atoms with Crippen molar-refractivity contribution in [3.05, 3.63) is 54.7 Å². The molecule has 3 aromatic rings. The second-order valence-electron chi connectivity index (χ2n) is 8.81. The van der Waals surface area contributed by atoms with Crippen LogP contribution in [0.2, 0.25) is 0 Å². The number of rotatable bonds is 7. The van der Waals surface area contributed by atoms with E-state index in [1.165, 1.54) is 12.1 Å². The minimum Gasteiger partial charge on any atom is -0.379 e. The first-order valence-corrected chi connectivity index (χ1v) is 11.1. The van der Waals surface area contributed by atoms with Gasteiger partial charge in [-0.05, 0) is 68.0 Å². The van der Waals surface area contributed by atoms with Crippen molar-refractivity contribution in [2.75, 3.05) is 26.7 Å². The van der Waals surface area contributed by atoms with Gasteiger partial charge in [0.1, 0.15) is 11.5 Å². The van der Waals surface area contributed by atoms with Gasteiger partial charge in [0.2, 0.25) is 0 Å². The van der Waals surface area contributed by atoms with Crippen molar-refractivity contribution in [2.24, 2.45) is 11.8 Å². The molecule has 2 fully saturated rings. The molecule has 0 spiro atoms. The third-order valence-electron chi connectivity index (χ3n) is 6.87. The predicted molar refractivity (Wildman–Crippen MR) is 115 cm³/mol. The highest BCUT2D eigenvalue weighted by atomic mass is 19.1. The van der Waals surface area contributed by atoms with Gasteiger partial charge < -0.3 is 9.64 Å². The molecular formula is C23H29FN6O. The summed E-state index contributed by atoms with van der Waals surface area (Å²) in [4.78, 5) is 2.60. The van der Waals surface area contributed by atoms with Crippen molar-refractivity contribution in [3.63, 3.8) is 0 Å². The van der Waals surface area contributed by atoms with Crippen LogP contribution < -0.4 is 0 Å². The molecule has 0 unspecified atom stereocenters. The Morgan fingerprint density at radius 3 is 2.65 bits per heavy atom. The number of hydrogen-bond acceptors (Lipinski definition) is 5. The van der Waals surface area contributed by atoms with Crippen LogP contribution in [-0.4, -0.2) is 62.5 Å². The molecule has 164 valence electrons. The number of fused-ring (bicyclic) bond motifs is 1. The highest BCUT2D eigenvalue weighted by Crippen LogP contribution is 2.42. The fraction of sp³-hybridized carbons (Fsp3) is 0.522. The molecule has 1 saturated carbocycles. The van der Waals surface area contributed by atoms with E-state index in [4.69, 9.17) is 4.74 Å². The average molecular weight is 425 g/mol. The molecule has 31 heavy (non-hydrogen) atoms. The molecule has 0 N–H and O–H groups in total. The van der Waals surface area contributed by atoms with E-state index < -0.39 is 0 Å². The van der Waals surface area contributed by atoms with Gasteiger partial charge in [-0.2, -0.15) is 5.10 Å². The molecule has 4 atom stereocenters. The maximum Gasteiger partial charge on any atom is 0.123 e. The van der Waals surface area contributed by atoms with E-state index in [2.05, 4.69) is 20.3 Å². The van der Waals surface area contributed by atoms with Gasteiger partial charge in [0, 0.05) is 44.7 Å². The quantitative estimate of drug-likeness (QED) is 0.583. The fourth-order valence-electron chi connectivity index (χ4n) is 5.28. The highest BCUT2D eigenvalue weighted by Gasteiger charge is 2.43. The van der Waals surface area contributed by atoms with Crippen LogP contribution in [0.3, 0.4) is 0 Å². The van der Waals surface area contributed by atoms with Gasteiger partial charge in [-0.25, -0.2) is 9.07 Å². The van der Waals surface area contributed by atoms with Gasteiger partial charge >= 0.3 is 0 Å². The molecule has 1 saturated heterocycles. The third-order valence-corrected chi connectivity index (χ3v) is 6.87. The Morgan fingerprint density at radius 1 is 1.10 bits per heavy atom. The van der Waals surface area contributed by atoms with Gasteiger partial charge in [0.25, 0.3) is 0 Å². The van der Waals surface area contributed by atoms with Crippen molar-refractivity contribution in [1.82, 2.24) is 29.7 Å². The summed E-state index contributed by atoms with van der Waals surface area (Å²) in [5.74, 6) is 1.08. The molecule has 2 aliphatic rings. The zero-order valence-corrected chi connectivity index (χ0v) is 17.8. The lowest BCUT2D eigenvalue weighted by Crippen LogP contribution is -2.37. The first-order chi connectivity index (χ1) is 15.2.